The third-order valence-electron chi connectivity index (χ3n) is 2.85. The highest BCUT2D eigenvalue weighted by Gasteiger charge is 2.13. The van der Waals surface area contributed by atoms with E-state index in [0.29, 0.717) is 5.82 Å². The maximum absolute atomic E-state index is 11.2. The van der Waals surface area contributed by atoms with Gasteiger partial charge < -0.3 is 15.4 Å². The Hall–Kier alpha value is -1.85. The molecule has 1 aromatic rings. The number of rotatable bonds is 7. The van der Waals surface area contributed by atoms with Crippen LogP contribution in [0.1, 0.15) is 44.5 Å². The lowest BCUT2D eigenvalue weighted by Gasteiger charge is -2.15. The van der Waals surface area contributed by atoms with Crippen LogP contribution in [0.2, 0.25) is 0 Å². The first-order valence-corrected chi connectivity index (χ1v) is 6.92. The van der Waals surface area contributed by atoms with Gasteiger partial charge >= 0.3 is 5.97 Å². The minimum atomic E-state index is -0.322. The Bertz CT molecular complexity index is 461. The Morgan fingerprint density at radius 2 is 1.85 bits per heavy atom. The third kappa shape index (κ3) is 4.36. The van der Waals surface area contributed by atoms with Crippen molar-refractivity contribution in [3.8, 4) is 0 Å². The van der Waals surface area contributed by atoms with Crippen molar-refractivity contribution in [2.75, 3.05) is 30.8 Å². The summed E-state index contributed by atoms with van der Waals surface area (Å²) in [6, 6.07) is 0. The Morgan fingerprint density at radius 1 is 1.25 bits per heavy atom. The fraction of sp³-hybridized carbons (Fsp3) is 0.643. The number of methoxy groups -OCH3 is 1. The highest BCUT2D eigenvalue weighted by Crippen LogP contribution is 2.23. The van der Waals surface area contributed by atoms with Crippen molar-refractivity contribution in [1.29, 1.82) is 0 Å². The molecule has 6 nitrogen and oxygen atoms in total. The molecule has 0 unspecified atom stereocenters. The van der Waals surface area contributed by atoms with Gasteiger partial charge in [-0.2, -0.15) is 0 Å². The quantitative estimate of drug-likeness (QED) is 0.746. The molecular weight excluding hydrogens is 256 g/mol. The third-order valence-corrected chi connectivity index (χ3v) is 2.85. The molecule has 2 N–H and O–H groups in total. The van der Waals surface area contributed by atoms with E-state index in [4.69, 9.17) is 0 Å². The number of anilines is 2. The molecule has 0 amide bonds. The molecule has 0 aliphatic heterocycles. The molecule has 0 spiro atoms. The Morgan fingerprint density at radius 3 is 2.35 bits per heavy atom. The van der Waals surface area contributed by atoms with Gasteiger partial charge in [-0.1, -0.05) is 20.8 Å². The van der Waals surface area contributed by atoms with Crippen molar-refractivity contribution < 1.29 is 9.53 Å². The van der Waals surface area contributed by atoms with Gasteiger partial charge in [0.05, 0.1) is 7.11 Å². The van der Waals surface area contributed by atoms with E-state index in [0.717, 1.165) is 30.2 Å². The van der Waals surface area contributed by atoms with Crippen LogP contribution in [0.4, 0.5) is 11.6 Å². The van der Waals surface area contributed by atoms with E-state index in [1.807, 2.05) is 20.8 Å². The molecule has 0 aliphatic rings. The first-order chi connectivity index (χ1) is 9.49. The van der Waals surface area contributed by atoms with Gasteiger partial charge in [0.1, 0.15) is 24.0 Å². The normalized spacial score (nSPS) is 10.5. The predicted molar refractivity (Wildman–Crippen MR) is 80.1 cm³/mol. The lowest BCUT2D eigenvalue weighted by Crippen LogP contribution is -2.18. The fourth-order valence-corrected chi connectivity index (χ4v) is 1.61. The highest BCUT2D eigenvalue weighted by molar-refractivity contribution is 5.75. The van der Waals surface area contributed by atoms with E-state index in [2.05, 4.69) is 32.3 Å². The smallest absolute Gasteiger partial charge is 0.325 e. The zero-order valence-electron chi connectivity index (χ0n) is 12.9. The van der Waals surface area contributed by atoms with Gasteiger partial charge in [0.15, 0.2) is 0 Å². The summed E-state index contributed by atoms with van der Waals surface area (Å²) < 4.78 is 4.62. The average molecular weight is 280 g/mol. The van der Waals surface area contributed by atoms with Crippen LogP contribution in [-0.2, 0) is 9.53 Å². The second-order valence-electron chi connectivity index (χ2n) is 4.92. The first-order valence-electron chi connectivity index (χ1n) is 6.92. The molecule has 0 saturated carbocycles. The number of aromatic nitrogens is 2. The molecule has 0 saturated heterocycles. The van der Waals surface area contributed by atoms with E-state index in [1.165, 1.54) is 7.11 Å². The second kappa shape index (κ2) is 7.67. The number of nitrogens with zero attached hydrogens (tertiary/aromatic N) is 2. The SMILES string of the molecule is CCCNc1nc(C(C)C)nc(NCC(=O)OC)c1C. The lowest BCUT2D eigenvalue weighted by atomic mass is 10.2. The van der Waals surface area contributed by atoms with Crippen LogP contribution in [0, 0.1) is 6.92 Å². The van der Waals surface area contributed by atoms with Crippen LogP contribution in [0.15, 0.2) is 0 Å². The minimum absolute atomic E-state index is 0.0963. The summed E-state index contributed by atoms with van der Waals surface area (Å²) in [5.74, 6) is 2.14. The summed E-state index contributed by atoms with van der Waals surface area (Å²) in [6.45, 7) is 9.06. The average Bonchev–Trinajstić information content (AvgIpc) is 2.44. The van der Waals surface area contributed by atoms with Crippen molar-refractivity contribution in [2.24, 2.45) is 0 Å². The molecule has 112 valence electrons. The van der Waals surface area contributed by atoms with Gasteiger partial charge in [0.2, 0.25) is 0 Å². The van der Waals surface area contributed by atoms with Crippen molar-refractivity contribution in [3.63, 3.8) is 0 Å². The minimum Gasteiger partial charge on any atom is -0.468 e. The lowest BCUT2D eigenvalue weighted by molar-refractivity contribution is -0.138. The van der Waals surface area contributed by atoms with Crippen LogP contribution in [0.3, 0.4) is 0 Å². The van der Waals surface area contributed by atoms with Gasteiger partial charge in [-0.05, 0) is 13.3 Å². The van der Waals surface area contributed by atoms with Crippen LogP contribution >= 0.6 is 0 Å². The van der Waals surface area contributed by atoms with Gasteiger partial charge in [0.25, 0.3) is 0 Å². The molecule has 20 heavy (non-hydrogen) atoms. The molecule has 1 aromatic heterocycles. The Kier molecular flexibility index (Phi) is 6.21. The monoisotopic (exact) mass is 280 g/mol. The van der Waals surface area contributed by atoms with Crippen LogP contribution < -0.4 is 10.6 Å². The molecule has 0 bridgehead atoms. The van der Waals surface area contributed by atoms with Crippen molar-refractivity contribution >= 4 is 17.6 Å². The van der Waals surface area contributed by atoms with Gasteiger partial charge in [-0.15, -0.1) is 0 Å². The Balaban J connectivity index is 3.00. The van der Waals surface area contributed by atoms with Gasteiger partial charge in [-0.25, -0.2) is 9.97 Å². The number of nitrogens with one attached hydrogen (secondary N) is 2. The van der Waals surface area contributed by atoms with Crippen molar-refractivity contribution in [1.82, 2.24) is 9.97 Å². The summed E-state index contributed by atoms with van der Waals surface area (Å²) in [7, 11) is 1.37. The molecule has 0 atom stereocenters. The van der Waals surface area contributed by atoms with E-state index in [1.54, 1.807) is 0 Å². The van der Waals surface area contributed by atoms with Gasteiger partial charge in [-0.3, -0.25) is 4.79 Å². The van der Waals surface area contributed by atoms with E-state index in [9.17, 15) is 4.79 Å². The summed E-state index contributed by atoms with van der Waals surface area (Å²) in [5.41, 5.74) is 0.909. The number of hydrogen-bond donors (Lipinski definition) is 2. The zero-order chi connectivity index (χ0) is 15.1. The van der Waals surface area contributed by atoms with Crippen molar-refractivity contribution in [2.45, 2.75) is 40.0 Å². The second-order valence-corrected chi connectivity index (χ2v) is 4.92. The van der Waals surface area contributed by atoms with E-state index >= 15 is 0 Å². The van der Waals surface area contributed by atoms with E-state index in [-0.39, 0.29) is 18.4 Å². The standard InChI is InChI=1S/C14H24N4O2/c1-6-7-15-13-10(4)14(16-8-11(19)20-5)18-12(17-13)9(2)3/h9H,6-8H2,1-5H3,(H2,15,16,17,18). The Labute approximate surface area is 120 Å². The van der Waals surface area contributed by atoms with E-state index < -0.39 is 0 Å². The fourth-order valence-electron chi connectivity index (χ4n) is 1.61. The molecule has 1 heterocycles. The summed E-state index contributed by atoms with van der Waals surface area (Å²) in [5, 5.41) is 6.30. The molecular formula is C14H24N4O2. The number of ether oxygens (including phenoxy) is 1. The predicted octanol–water partition coefficient (Wildman–Crippen LogP) is 2.32. The largest absolute Gasteiger partial charge is 0.468 e. The molecule has 0 fully saturated rings. The van der Waals surface area contributed by atoms with Gasteiger partial charge in [0, 0.05) is 18.0 Å². The maximum atomic E-state index is 11.2. The first kappa shape index (κ1) is 16.2. The van der Waals surface area contributed by atoms with Crippen LogP contribution in [0.5, 0.6) is 0 Å². The van der Waals surface area contributed by atoms with Crippen LogP contribution in [0.25, 0.3) is 0 Å². The number of esters is 1. The zero-order valence-corrected chi connectivity index (χ0v) is 12.9. The van der Waals surface area contributed by atoms with Crippen LogP contribution in [-0.4, -0.2) is 36.1 Å². The maximum Gasteiger partial charge on any atom is 0.325 e. The topological polar surface area (TPSA) is 76.1 Å². The number of carbonyl (C=O) groups excluding carboxylic acids is 1. The van der Waals surface area contributed by atoms with Crippen molar-refractivity contribution in [3.05, 3.63) is 11.4 Å². The highest BCUT2D eigenvalue weighted by atomic mass is 16.5. The summed E-state index contributed by atoms with van der Waals surface area (Å²) in [4.78, 5) is 20.2. The number of carbonyl (C=O) groups is 1. The molecule has 0 radical (unpaired) electrons. The molecule has 0 aromatic carbocycles. The molecule has 0 aliphatic carbocycles. The molecule has 6 heteroatoms. The molecule has 1 rings (SSSR count). The number of hydrogen-bond acceptors (Lipinski definition) is 6. The summed E-state index contributed by atoms with van der Waals surface area (Å²) >= 11 is 0. The summed E-state index contributed by atoms with van der Waals surface area (Å²) in [6.07, 6.45) is 1.02.